The third-order valence-electron chi connectivity index (χ3n) is 7.31. The number of hydrogen-bond acceptors (Lipinski definition) is 6. The monoisotopic (exact) mass is 534 g/mol. The Balaban J connectivity index is 1.47. The third kappa shape index (κ3) is 3.94. The van der Waals surface area contributed by atoms with E-state index in [1.807, 2.05) is 42.5 Å². The smallest absolute Gasteiger partial charge is 0.262 e. The summed E-state index contributed by atoms with van der Waals surface area (Å²) in [6, 6.07) is 21.7. The van der Waals surface area contributed by atoms with E-state index in [9.17, 15) is 14.4 Å². The predicted octanol–water partition coefficient (Wildman–Crippen LogP) is 4.55. The van der Waals surface area contributed by atoms with Crippen LogP contribution in [-0.2, 0) is 20.9 Å². The first-order valence-corrected chi connectivity index (χ1v) is 12.7. The molecule has 1 atom stereocenters. The summed E-state index contributed by atoms with van der Waals surface area (Å²) in [5.74, 6) is -1.36. The molecule has 0 fully saturated rings. The molecule has 3 aromatic carbocycles. The second-order valence-electron chi connectivity index (χ2n) is 9.57. The number of nitrogens with one attached hydrogen (secondary N) is 1. The zero-order valence-electron chi connectivity index (χ0n) is 22.2. The Hall–Kier alpha value is -5.18. The van der Waals surface area contributed by atoms with E-state index in [1.54, 1.807) is 50.6 Å². The molecule has 0 spiro atoms. The van der Waals surface area contributed by atoms with Gasteiger partial charge >= 0.3 is 0 Å². The van der Waals surface area contributed by atoms with Gasteiger partial charge in [-0.3, -0.25) is 19.3 Å². The zero-order valence-corrected chi connectivity index (χ0v) is 22.2. The number of carbonyl (C=O) groups is 3. The minimum absolute atomic E-state index is 0.0420. The average Bonchev–Trinajstić information content (AvgIpc) is 3.61. The average molecular weight is 535 g/mol. The summed E-state index contributed by atoms with van der Waals surface area (Å²) in [5, 5.41) is 6.58. The van der Waals surface area contributed by atoms with E-state index >= 15 is 0 Å². The lowest BCUT2D eigenvalue weighted by molar-refractivity contribution is -0.138. The van der Waals surface area contributed by atoms with Crippen molar-refractivity contribution < 1.29 is 23.9 Å². The standard InChI is InChI=1S/C31H26N4O5/c1-18-26(31(38)35(33-18)20-9-5-4-6-10-20)28-27(23-16-32-24-12-8-7-11-22(23)24)29(36)34(30(28)37)17-19-13-14-21(39-2)15-25(19)40-3/h4-16,26,32H,17H2,1-3H3. The van der Waals surface area contributed by atoms with E-state index in [2.05, 4.69) is 10.1 Å². The molecule has 0 saturated carbocycles. The highest BCUT2D eigenvalue weighted by atomic mass is 16.5. The normalized spacial score (nSPS) is 17.3. The number of benzene rings is 3. The van der Waals surface area contributed by atoms with Crippen molar-refractivity contribution in [2.24, 2.45) is 11.0 Å². The molecule has 1 N–H and O–H groups in total. The number of aromatic amines is 1. The summed E-state index contributed by atoms with van der Waals surface area (Å²) in [6.45, 7) is 1.66. The lowest BCUT2D eigenvalue weighted by Crippen LogP contribution is -2.35. The third-order valence-corrected chi connectivity index (χ3v) is 7.31. The van der Waals surface area contributed by atoms with Crippen LogP contribution in [-0.4, -0.2) is 47.5 Å². The van der Waals surface area contributed by atoms with Crippen LogP contribution in [0.4, 0.5) is 5.69 Å². The Morgan fingerprint density at radius 1 is 0.900 bits per heavy atom. The Kier molecular flexibility index (Phi) is 6.18. The molecule has 9 heteroatoms. The molecule has 4 aromatic rings. The number of aromatic nitrogens is 1. The van der Waals surface area contributed by atoms with Gasteiger partial charge in [0.25, 0.3) is 17.7 Å². The summed E-state index contributed by atoms with van der Waals surface area (Å²) < 4.78 is 10.8. The van der Waals surface area contributed by atoms with E-state index in [-0.39, 0.29) is 23.6 Å². The number of H-pyrrole nitrogens is 1. The van der Waals surface area contributed by atoms with Gasteiger partial charge in [-0.15, -0.1) is 0 Å². The molecule has 6 rings (SSSR count). The molecule has 1 aromatic heterocycles. The van der Waals surface area contributed by atoms with Crippen molar-refractivity contribution in [3.05, 3.63) is 95.7 Å². The van der Waals surface area contributed by atoms with E-state index in [4.69, 9.17) is 9.47 Å². The van der Waals surface area contributed by atoms with Crippen molar-refractivity contribution in [3.63, 3.8) is 0 Å². The molecule has 2 aliphatic heterocycles. The van der Waals surface area contributed by atoms with Crippen LogP contribution in [0.2, 0.25) is 0 Å². The fourth-order valence-electron chi connectivity index (χ4n) is 5.35. The molecule has 0 radical (unpaired) electrons. The summed E-state index contributed by atoms with van der Waals surface area (Å²) in [4.78, 5) is 46.5. The van der Waals surface area contributed by atoms with Crippen LogP contribution in [0.3, 0.4) is 0 Å². The Morgan fingerprint density at radius 3 is 2.40 bits per heavy atom. The maximum Gasteiger partial charge on any atom is 0.262 e. The van der Waals surface area contributed by atoms with Crippen molar-refractivity contribution >= 4 is 45.6 Å². The van der Waals surface area contributed by atoms with Gasteiger partial charge in [-0.1, -0.05) is 36.4 Å². The van der Waals surface area contributed by atoms with Gasteiger partial charge in [-0.25, -0.2) is 0 Å². The van der Waals surface area contributed by atoms with Crippen LogP contribution in [0, 0.1) is 5.92 Å². The fraction of sp³-hybridized carbons (Fsp3) is 0.161. The maximum absolute atomic E-state index is 14.2. The second-order valence-corrected chi connectivity index (χ2v) is 9.57. The molecule has 2 aliphatic rings. The van der Waals surface area contributed by atoms with Crippen molar-refractivity contribution in [2.45, 2.75) is 13.5 Å². The number of rotatable bonds is 7. The van der Waals surface area contributed by atoms with E-state index in [0.29, 0.717) is 34.0 Å². The summed E-state index contributed by atoms with van der Waals surface area (Å²) in [6.07, 6.45) is 1.71. The fourth-order valence-corrected chi connectivity index (χ4v) is 5.35. The van der Waals surface area contributed by atoms with Crippen LogP contribution in [0.15, 0.2) is 89.7 Å². The van der Waals surface area contributed by atoms with Crippen LogP contribution in [0.1, 0.15) is 18.1 Å². The van der Waals surface area contributed by atoms with Gasteiger partial charge in [0.1, 0.15) is 17.4 Å². The SMILES string of the molecule is COc1ccc(CN2C(=O)C(c3c[nH]c4ccccc34)=C(C3C(=O)N(c4ccccc4)N=C3C)C2=O)c(OC)c1. The molecular formula is C31H26N4O5. The number of hydrogen-bond donors (Lipinski definition) is 1. The number of ether oxygens (including phenoxy) is 2. The number of hydrazone groups is 1. The minimum atomic E-state index is -1.01. The van der Waals surface area contributed by atoms with Crippen molar-refractivity contribution in [1.29, 1.82) is 0 Å². The number of nitrogens with zero attached hydrogens (tertiary/aromatic N) is 3. The number of amides is 3. The number of para-hydroxylation sites is 2. The summed E-state index contributed by atoms with van der Waals surface area (Å²) in [5.41, 5.74) is 3.33. The Morgan fingerprint density at radius 2 is 1.65 bits per heavy atom. The Bertz CT molecular complexity index is 1740. The molecule has 3 amide bonds. The summed E-state index contributed by atoms with van der Waals surface area (Å²) in [7, 11) is 3.06. The zero-order chi connectivity index (χ0) is 28.0. The highest BCUT2D eigenvalue weighted by Gasteiger charge is 2.49. The van der Waals surface area contributed by atoms with Gasteiger partial charge in [0, 0.05) is 39.9 Å². The van der Waals surface area contributed by atoms with Crippen molar-refractivity contribution in [3.8, 4) is 11.5 Å². The topological polar surface area (TPSA) is 104 Å². The largest absolute Gasteiger partial charge is 0.497 e. The minimum Gasteiger partial charge on any atom is -0.497 e. The highest BCUT2D eigenvalue weighted by Crippen LogP contribution is 2.41. The number of imide groups is 1. The number of anilines is 1. The van der Waals surface area contributed by atoms with Gasteiger partial charge in [0.2, 0.25) is 0 Å². The molecule has 1 unspecified atom stereocenters. The van der Waals surface area contributed by atoms with Gasteiger partial charge in [-0.05, 0) is 37.3 Å². The Labute approximate surface area is 230 Å². The predicted molar refractivity (Wildman–Crippen MR) is 151 cm³/mol. The first kappa shape index (κ1) is 25.1. The van der Waals surface area contributed by atoms with Crippen LogP contribution in [0.25, 0.3) is 16.5 Å². The molecule has 0 aliphatic carbocycles. The number of methoxy groups -OCH3 is 2. The number of fused-ring (bicyclic) bond motifs is 1. The van der Waals surface area contributed by atoms with Crippen LogP contribution in [0.5, 0.6) is 11.5 Å². The molecule has 0 bridgehead atoms. The van der Waals surface area contributed by atoms with Crippen LogP contribution >= 0.6 is 0 Å². The lowest BCUT2D eigenvalue weighted by Gasteiger charge is -2.19. The molecule has 3 heterocycles. The lowest BCUT2D eigenvalue weighted by atomic mass is 9.88. The first-order valence-electron chi connectivity index (χ1n) is 12.7. The van der Waals surface area contributed by atoms with Gasteiger partial charge in [0.15, 0.2) is 0 Å². The van der Waals surface area contributed by atoms with Gasteiger partial charge in [0.05, 0.1) is 37.7 Å². The quantitative estimate of drug-likeness (QED) is 0.351. The second kappa shape index (κ2) is 9.85. The first-order chi connectivity index (χ1) is 19.4. The van der Waals surface area contributed by atoms with Crippen molar-refractivity contribution in [1.82, 2.24) is 9.88 Å². The van der Waals surface area contributed by atoms with Gasteiger partial charge < -0.3 is 14.5 Å². The van der Waals surface area contributed by atoms with E-state index < -0.39 is 17.7 Å². The summed E-state index contributed by atoms with van der Waals surface area (Å²) >= 11 is 0. The molecular weight excluding hydrogens is 508 g/mol. The highest BCUT2D eigenvalue weighted by molar-refractivity contribution is 6.40. The van der Waals surface area contributed by atoms with E-state index in [0.717, 1.165) is 10.9 Å². The van der Waals surface area contributed by atoms with Crippen LogP contribution < -0.4 is 14.5 Å². The molecule has 0 saturated heterocycles. The van der Waals surface area contributed by atoms with Gasteiger partial charge in [-0.2, -0.15) is 10.1 Å². The number of carbonyl (C=O) groups excluding carboxylic acids is 3. The molecule has 200 valence electrons. The molecule has 9 nitrogen and oxygen atoms in total. The molecule has 40 heavy (non-hydrogen) atoms. The van der Waals surface area contributed by atoms with Crippen molar-refractivity contribution in [2.75, 3.05) is 19.2 Å². The van der Waals surface area contributed by atoms with E-state index in [1.165, 1.54) is 17.0 Å². The maximum atomic E-state index is 14.2.